The molecule has 1 heterocycles. The smallest absolute Gasteiger partial charge is 0.273 e. The number of nitrogens with one attached hydrogen (secondary N) is 1. The first kappa shape index (κ1) is 26.0. The highest BCUT2D eigenvalue weighted by atomic mass is 32.1. The largest absolute Gasteiger partial charge is 0.508 e. The quantitative estimate of drug-likeness (QED) is 0.334. The van der Waals surface area contributed by atoms with Gasteiger partial charge >= 0.3 is 0 Å². The molecule has 1 fully saturated rings. The van der Waals surface area contributed by atoms with E-state index in [-0.39, 0.29) is 39.6 Å². The van der Waals surface area contributed by atoms with Crippen molar-refractivity contribution in [2.75, 3.05) is 17.2 Å². The maximum Gasteiger partial charge on any atom is 0.273 e. The molecule has 4 rings (SSSR count). The Labute approximate surface area is 218 Å². The number of phenols is 1. The van der Waals surface area contributed by atoms with Crippen LogP contribution < -0.4 is 26.4 Å². The van der Waals surface area contributed by atoms with Crippen LogP contribution in [0.25, 0.3) is 0 Å². The number of carbonyl (C=O) groups is 3. The van der Waals surface area contributed by atoms with Gasteiger partial charge < -0.3 is 26.6 Å². The molecule has 194 valence electrons. The van der Waals surface area contributed by atoms with Crippen LogP contribution in [0.4, 0.5) is 11.4 Å². The lowest BCUT2D eigenvalue weighted by molar-refractivity contribution is -0.123. The Morgan fingerprint density at radius 2 is 1.89 bits per heavy atom. The minimum absolute atomic E-state index is 0.00577. The highest BCUT2D eigenvalue weighted by Gasteiger charge is 2.37. The zero-order valence-corrected chi connectivity index (χ0v) is 21.2. The molecule has 0 bridgehead atoms. The van der Waals surface area contributed by atoms with Gasteiger partial charge in [-0.1, -0.05) is 31.0 Å². The number of nitrogen functional groups attached to an aromatic ring is 1. The van der Waals surface area contributed by atoms with Crippen molar-refractivity contribution in [3.8, 4) is 11.5 Å². The number of nitrogens with two attached hydrogens (primary N) is 2. The van der Waals surface area contributed by atoms with Crippen LogP contribution in [-0.2, 0) is 4.79 Å². The van der Waals surface area contributed by atoms with E-state index >= 15 is 0 Å². The molecule has 3 aromatic rings. The van der Waals surface area contributed by atoms with Crippen molar-refractivity contribution in [3.63, 3.8) is 0 Å². The monoisotopic (exact) mass is 523 g/mol. The van der Waals surface area contributed by atoms with Gasteiger partial charge in [-0.05, 0) is 61.1 Å². The minimum Gasteiger partial charge on any atom is -0.508 e. The average molecular weight is 524 g/mol. The molecular weight excluding hydrogens is 494 g/mol. The minimum atomic E-state index is -1.12. The summed E-state index contributed by atoms with van der Waals surface area (Å²) >= 11 is 0.725. The van der Waals surface area contributed by atoms with Crippen LogP contribution in [0.2, 0.25) is 0 Å². The number of ether oxygens (including phenoxy) is 1. The van der Waals surface area contributed by atoms with Gasteiger partial charge in [0.25, 0.3) is 11.8 Å². The number of amides is 3. The number of anilines is 2. The Morgan fingerprint density at radius 1 is 1.19 bits per heavy atom. The molecule has 1 saturated carbocycles. The molecule has 6 N–H and O–H groups in total. The third-order valence-corrected chi connectivity index (χ3v) is 7.05. The molecule has 2 aromatic carbocycles. The third kappa shape index (κ3) is 5.67. The first-order chi connectivity index (χ1) is 17.8. The summed E-state index contributed by atoms with van der Waals surface area (Å²) in [6.07, 6.45) is 3.74. The summed E-state index contributed by atoms with van der Waals surface area (Å²) in [6.45, 7) is 2.35. The second-order valence-electron chi connectivity index (χ2n) is 8.73. The molecule has 1 atom stereocenters. The molecule has 0 unspecified atom stereocenters. The van der Waals surface area contributed by atoms with Crippen LogP contribution in [0.15, 0.2) is 48.5 Å². The number of aromatic nitrogens is 1. The van der Waals surface area contributed by atoms with Crippen LogP contribution in [0.3, 0.4) is 0 Å². The van der Waals surface area contributed by atoms with E-state index in [9.17, 15) is 19.5 Å². The summed E-state index contributed by atoms with van der Waals surface area (Å²) in [5, 5.41) is 13.3. The van der Waals surface area contributed by atoms with E-state index in [0.29, 0.717) is 17.9 Å². The Balaban J connectivity index is 1.84. The van der Waals surface area contributed by atoms with Crippen molar-refractivity contribution in [1.82, 2.24) is 9.69 Å². The number of nitrogens with zero attached hydrogens (tertiary/aromatic N) is 2. The van der Waals surface area contributed by atoms with Gasteiger partial charge in [-0.25, -0.2) is 0 Å². The molecular formula is C26H29N5O5S. The zero-order chi connectivity index (χ0) is 26.5. The fourth-order valence-corrected chi connectivity index (χ4v) is 5.19. The SMILES string of the molecule is CCOc1ccc([C@@H](C(=O)NC2CCCC2)N(C(=O)c2snc(C(N)=O)c2N)c2cccc(O)c2)cc1. The summed E-state index contributed by atoms with van der Waals surface area (Å²) in [4.78, 5) is 40.8. The second-order valence-corrected chi connectivity index (χ2v) is 9.50. The normalized spacial score (nSPS) is 14.2. The van der Waals surface area contributed by atoms with E-state index in [1.165, 1.54) is 17.0 Å². The first-order valence-corrected chi connectivity index (χ1v) is 12.8. The number of rotatable bonds is 9. The summed E-state index contributed by atoms with van der Waals surface area (Å²) in [5.74, 6) is -1.38. The van der Waals surface area contributed by atoms with Crippen LogP contribution in [-0.4, -0.2) is 39.9 Å². The van der Waals surface area contributed by atoms with Gasteiger partial charge in [-0.3, -0.25) is 19.3 Å². The molecule has 0 spiro atoms. The average Bonchev–Trinajstić information content (AvgIpc) is 3.52. The molecule has 1 aromatic heterocycles. The predicted molar refractivity (Wildman–Crippen MR) is 141 cm³/mol. The maximum absolute atomic E-state index is 14.0. The molecule has 1 aliphatic rings. The first-order valence-electron chi connectivity index (χ1n) is 12.0. The van der Waals surface area contributed by atoms with Gasteiger partial charge in [0, 0.05) is 17.8 Å². The lowest BCUT2D eigenvalue weighted by Gasteiger charge is -2.32. The fourth-order valence-electron chi connectivity index (χ4n) is 4.45. The number of carbonyl (C=O) groups excluding carboxylic acids is 3. The molecule has 3 amide bonds. The van der Waals surface area contributed by atoms with Crippen molar-refractivity contribution < 1.29 is 24.2 Å². The molecule has 11 heteroatoms. The van der Waals surface area contributed by atoms with Gasteiger partial charge in [-0.15, -0.1) is 0 Å². The van der Waals surface area contributed by atoms with Gasteiger partial charge in [-0.2, -0.15) is 4.37 Å². The molecule has 0 aliphatic heterocycles. The summed E-state index contributed by atoms with van der Waals surface area (Å²) in [5.41, 5.74) is 11.9. The Bertz CT molecular complexity index is 1290. The number of hydrogen-bond donors (Lipinski definition) is 4. The molecule has 0 saturated heterocycles. The Morgan fingerprint density at radius 3 is 2.49 bits per heavy atom. The molecule has 0 radical (unpaired) electrons. The standard InChI is InChI=1S/C26H29N5O5S/c1-2-36-19-12-10-15(11-13-19)22(25(34)29-16-6-3-4-7-16)31(17-8-5-9-18(32)14-17)26(35)23-20(27)21(24(28)33)30-37-23/h5,8-14,16,22,32H,2-4,6-7,27H2,1H3,(H2,28,33)(H,29,34)/t22-/m0/s1. The number of benzene rings is 2. The van der Waals surface area contributed by atoms with E-state index in [1.807, 2.05) is 6.92 Å². The van der Waals surface area contributed by atoms with Gasteiger partial charge in [0.15, 0.2) is 5.69 Å². The van der Waals surface area contributed by atoms with Crippen LogP contribution >= 0.6 is 11.5 Å². The number of primary amides is 1. The summed E-state index contributed by atoms with van der Waals surface area (Å²) in [7, 11) is 0. The van der Waals surface area contributed by atoms with E-state index in [2.05, 4.69) is 9.69 Å². The highest BCUT2D eigenvalue weighted by molar-refractivity contribution is 7.09. The van der Waals surface area contributed by atoms with Crippen molar-refractivity contribution in [3.05, 3.63) is 64.7 Å². The third-order valence-electron chi connectivity index (χ3n) is 6.20. The van der Waals surface area contributed by atoms with E-state index in [4.69, 9.17) is 16.2 Å². The Kier molecular flexibility index (Phi) is 7.92. The summed E-state index contributed by atoms with van der Waals surface area (Å²) < 4.78 is 9.50. The van der Waals surface area contributed by atoms with E-state index < -0.39 is 17.9 Å². The maximum atomic E-state index is 14.0. The zero-order valence-electron chi connectivity index (χ0n) is 20.3. The Hall–Kier alpha value is -4.12. The van der Waals surface area contributed by atoms with Crippen LogP contribution in [0, 0.1) is 0 Å². The predicted octanol–water partition coefficient (Wildman–Crippen LogP) is 3.38. The number of aromatic hydroxyl groups is 1. The van der Waals surface area contributed by atoms with E-state index in [1.54, 1.807) is 36.4 Å². The molecule has 10 nitrogen and oxygen atoms in total. The van der Waals surface area contributed by atoms with Crippen molar-refractivity contribution in [1.29, 1.82) is 0 Å². The van der Waals surface area contributed by atoms with Crippen LogP contribution in [0.1, 0.15) is 64.4 Å². The topological polar surface area (TPSA) is 161 Å². The second kappa shape index (κ2) is 11.3. The van der Waals surface area contributed by atoms with Gasteiger partial charge in [0.05, 0.1) is 12.3 Å². The van der Waals surface area contributed by atoms with Crippen molar-refractivity contribution in [2.45, 2.75) is 44.7 Å². The van der Waals surface area contributed by atoms with Gasteiger partial charge in [0.2, 0.25) is 5.91 Å². The molecule has 1 aliphatic carbocycles. The number of phenolic OH excluding ortho intramolecular Hbond substituents is 1. The number of hydrogen-bond acceptors (Lipinski definition) is 8. The molecule has 37 heavy (non-hydrogen) atoms. The van der Waals surface area contributed by atoms with Crippen molar-refractivity contribution in [2.24, 2.45) is 5.73 Å². The van der Waals surface area contributed by atoms with Crippen molar-refractivity contribution >= 4 is 40.6 Å². The van der Waals surface area contributed by atoms with E-state index in [0.717, 1.165) is 37.2 Å². The van der Waals surface area contributed by atoms with Gasteiger partial charge in [0.1, 0.15) is 22.4 Å². The highest BCUT2D eigenvalue weighted by Crippen LogP contribution is 2.35. The fraction of sp³-hybridized carbons (Fsp3) is 0.308. The van der Waals surface area contributed by atoms with Crippen LogP contribution in [0.5, 0.6) is 11.5 Å². The lowest BCUT2D eigenvalue weighted by atomic mass is 10.0. The lowest BCUT2D eigenvalue weighted by Crippen LogP contribution is -2.46. The summed E-state index contributed by atoms with van der Waals surface area (Å²) in [6, 6.07) is 11.8.